The molecule has 7 nitrogen and oxygen atoms in total. The Morgan fingerprint density at radius 1 is 1.30 bits per heavy atom. The van der Waals surface area contributed by atoms with Crippen molar-refractivity contribution in [2.75, 3.05) is 6.54 Å². The molecule has 1 N–H and O–H groups in total. The predicted octanol–water partition coefficient (Wildman–Crippen LogP) is 1.84. The lowest BCUT2D eigenvalue weighted by atomic mass is 9.96. The van der Waals surface area contributed by atoms with Crippen LogP contribution in [-0.4, -0.2) is 36.9 Å². The van der Waals surface area contributed by atoms with Crippen molar-refractivity contribution in [2.24, 2.45) is 0 Å². The van der Waals surface area contributed by atoms with Crippen LogP contribution in [0.3, 0.4) is 0 Å². The summed E-state index contributed by atoms with van der Waals surface area (Å²) in [5, 5.41) is 0. The number of nitrogens with zero attached hydrogens (tertiary/aromatic N) is 4. The summed E-state index contributed by atoms with van der Waals surface area (Å²) in [6.45, 7) is 2.85. The summed E-state index contributed by atoms with van der Waals surface area (Å²) in [5.41, 5.74) is 3.64. The van der Waals surface area contributed by atoms with Crippen LogP contribution in [0.4, 0.5) is 0 Å². The third kappa shape index (κ3) is 3.28. The molecule has 1 unspecified atom stereocenters. The summed E-state index contributed by atoms with van der Waals surface area (Å²) in [7, 11) is 0. The molecule has 0 aliphatic carbocycles. The topological polar surface area (TPSA) is 83.9 Å². The first-order valence-electron chi connectivity index (χ1n) is 9.03. The molecule has 0 fully saturated rings. The highest BCUT2D eigenvalue weighted by atomic mass is 16.2. The highest BCUT2D eigenvalue weighted by Crippen LogP contribution is 2.33. The average Bonchev–Trinajstić information content (AvgIpc) is 3.16. The number of H-pyrrole nitrogens is 1. The van der Waals surface area contributed by atoms with Gasteiger partial charge < -0.3 is 14.5 Å². The Bertz CT molecular complexity index is 1010. The minimum atomic E-state index is -0.255. The van der Waals surface area contributed by atoms with Gasteiger partial charge in [0.05, 0.1) is 12.0 Å². The molecule has 0 bridgehead atoms. The number of amides is 1. The van der Waals surface area contributed by atoms with Gasteiger partial charge in [-0.25, -0.2) is 4.98 Å². The summed E-state index contributed by atoms with van der Waals surface area (Å²) in [6, 6.07) is 8.71. The number of imidazole rings is 1. The number of hydrogen-bond donors (Lipinski definition) is 1. The molecular weight excluding hydrogens is 342 g/mol. The fraction of sp³-hybridized carbons (Fsp3) is 0.300. The van der Waals surface area contributed by atoms with Gasteiger partial charge in [-0.15, -0.1) is 0 Å². The molecule has 0 saturated heterocycles. The van der Waals surface area contributed by atoms with Gasteiger partial charge >= 0.3 is 0 Å². The number of nitrogens with one attached hydrogen (secondary N) is 1. The van der Waals surface area contributed by atoms with Crippen molar-refractivity contribution in [2.45, 2.75) is 32.4 Å². The van der Waals surface area contributed by atoms with Crippen LogP contribution in [0.25, 0.3) is 0 Å². The molecule has 1 aliphatic rings. The van der Waals surface area contributed by atoms with E-state index >= 15 is 0 Å². The molecule has 1 aliphatic heterocycles. The van der Waals surface area contributed by atoms with E-state index in [9.17, 15) is 9.59 Å². The van der Waals surface area contributed by atoms with E-state index in [4.69, 9.17) is 0 Å². The van der Waals surface area contributed by atoms with Gasteiger partial charge in [0.25, 0.3) is 5.56 Å². The molecule has 7 heteroatoms. The van der Waals surface area contributed by atoms with Crippen molar-refractivity contribution in [3.63, 3.8) is 0 Å². The molecule has 138 valence electrons. The van der Waals surface area contributed by atoms with E-state index in [2.05, 4.69) is 15.0 Å². The SMILES string of the molecule is Cc1cccc(=O)n1CCC(=O)N1CCc2[nH]cnc2C1c1cccnc1. The fourth-order valence-electron chi connectivity index (χ4n) is 3.68. The van der Waals surface area contributed by atoms with Crippen molar-refractivity contribution in [3.05, 3.63) is 82.1 Å². The molecular formula is C20H21N5O2. The second kappa shape index (κ2) is 7.19. The third-order valence-electron chi connectivity index (χ3n) is 5.06. The Hall–Kier alpha value is -3.22. The molecule has 1 amide bonds. The van der Waals surface area contributed by atoms with E-state index in [1.165, 1.54) is 6.07 Å². The predicted molar refractivity (Wildman–Crippen MR) is 100 cm³/mol. The van der Waals surface area contributed by atoms with Crippen LogP contribution in [0.15, 0.2) is 53.8 Å². The van der Waals surface area contributed by atoms with Crippen LogP contribution >= 0.6 is 0 Å². The Morgan fingerprint density at radius 2 is 2.19 bits per heavy atom. The van der Waals surface area contributed by atoms with E-state index in [0.717, 1.165) is 29.1 Å². The van der Waals surface area contributed by atoms with E-state index < -0.39 is 0 Å². The van der Waals surface area contributed by atoms with E-state index in [1.807, 2.05) is 30.0 Å². The van der Waals surface area contributed by atoms with Gasteiger partial charge in [0, 0.05) is 55.8 Å². The molecule has 4 rings (SSSR count). The number of aromatic nitrogens is 4. The molecule has 3 aromatic heterocycles. The Labute approximate surface area is 156 Å². The quantitative estimate of drug-likeness (QED) is 0.767. The minimum Gasteiger partial charge on any atom is -0.348 e. The van der Waals surface area contributed by atoms with Crippen LogP contribution < -0.4 is 5.56 Å². The zero-order valence-corrected chi connectivity index (χ0v) is 15.1. The van der Waals surface area contributed by atoms with Crippen LogP contribution in [0.2, 0.25) is 0 Å². The van der Waals surface area contributed by atoms with Crippen molar-refractivity contribution in [1.82, 2.24) is 24.4 Å². The van der Waals surface area contributed by atoms with Crippen LogP contribution in [-0.2, 0) is 17.8 Å². The van der Waals surface area contributed by atoms with Crippen LogP contribution in [0.1, 0.15) is 35.1 Å². The van der Waals surface area contributed by atoms with Gasteiger partial charge in [-0.05, 0) is 24.6 Å². The monoisotopic (exact) mass is 363 g/mol. The maximum Gasteiger partial charge on any atom is 0.250 e. The van der Waals surface area contributed by atoms with Crippen molar-refractivity contribution in [3.8, 4) is 0 Å². The van der Waals surface area contributed by atoms with E-state index in [-0.39, 0.29) is 23.9 Å². The lowest BCUT2D eigenvalue weighted by Crippen LogP contribution is -2.41. The van der Waals surface area contributed by atoms with E-state index in [1.54, 1.807) is 29.4 Å². The lowest BCUT2D eigenvalue weighted by Gasteiger charge is -2.35. The van der Waals surface area contributed by atoms with Crippen molar-refractivity contribution in [1.29, 1.82) is 0 Å². The van der Waals surface area contributed by atoms with Crippen LogP contribution in [0, 0.1) is 6.92 Å². The van der Waals surface area contributed by atoms with Gasteiger partial charge in [-0.3, -0.25) is 14.6 Å². The zero-order valence-electron chi connectivity index (χ0n) is 15.1. The number of pyridine rings is 2. The average molecular weight is 363 g/mol. The fourth-order valence-corrected chi connectivity index (χ4v) is 3.68. The number of aryl methyl sites for hydroxylation is 1. The zero-order chi connectivity index (χ0) is 18.8. The Balaban J connectivity index is 1.60. The molecule has 1 atom stereocenters. The van der Waals surface area contributed by atoms with Gasteiger partial charge in [0.15, 0.2) is 0 Å². The first-order valence-corrected chi connectivity index (χ1v) is 9.03. The number of carbonyl (C=O) groups is 1. The standard InChI is InChI=1S/C20H21N5O2/c1-14-4-2-6-17(26)24(14)11-8-18(27)25-10-7-16-19(23-13-22-16)20(25)15-5-3-9-21-12-15/h2-6,9,12-13,20H,7-8,10-11H2,1H3,(H,22,23). The first kappa shape index (κ1) is 17.2. The second-order valence-corrected chi connectivity index (χ2v) is 6.70. The number of aromatic amines is 1. The van der Waals surface area contributed by atoms with Gasteiger partial charge in [-0.1, -0.05) is 12.1 Å². The summed E-state index contributed by atoms with van der Waals surface area (Å²) in [5.74, 6) is 0.00709. The Kier molecular flexibility index (Phi) is 4.58. The highest BCUT2D eigenvalue weighted by molar-refractivity contribution is 5.77. The molecule has 0 aromatic carbocycles. The van der Waals surface area contributed by atoms with Crippen molar-refractivity contribution < 1.29 is 4.79 Å². The number of fused-ring (bicyclic) bond motifs is 1. The van der Waals surface area contributed by atoms with Gasteiger partial charge in [-0.2, -0.15) is 0 Å². The summed E-state index contributed by atoms with van der Waals surface area (Å²) in [4.78, 5) is 38.8. The lowest BCUT2D eigenvalue weighted by molar-refractivity contribution is -0.133. The summed E-state index contributed by atoms with van der Waals surface area (Å²) in [6.07, 6.45) is 6.17. The highest BCUT2D eigenvalue weighted by Gasteiger charge is 2.33. The molecule has 0 saturated carbocycles. The second-order valence-electron chi connectivity index (χ2n) is 6.70. The number of hydrogen-bond acceptors (Lipinski definition) is 4. The molecule has 0 radical (unpaired) electrons. The van der Waals surface area contributed by atoms with E-state index in [0.29, 0.717) is 13.1 Å². The molecule has 0 spiro atoms. The number of carbonyl (C=O) groups excluding carboxylic acids is 1. The normalized spacial score (nSPS) is 16.2. The largest absolute Gasteiger partial charge is 0.348 e. The van der Waals surface area contributed by atoms with Gasteiger partial charge in [0.2, 0.25) is 5.91 Å². The Morgan fingerprint density at radius 3 is 2.96 bits per heavy atom. The maximum atomic E-state index is 13.1. The third-order valence-corrected chi connectivity index (χ3v) is 5.06. The number of rotatable bonds is 4. The maximum absolute atomic E-state index is 13.1. The van der Waals surface area contributed by atoms with Crippen LogP contribution in [0.5, 0.6) is 0 Å². The van der Waals surface area contributed by atoms with Crippen molar-refractivity contribution >= 4 is 5.91 Å². The smallest absolute Gasteiger partial charge is 0.250 e. The minimum absolute atomic E-state index is 0.00709. The summed E-state index contributed by atoms with van der Waals surface area (Å²) < 4.78 is 1.64. The molecule has 27 heavy (non-hydrogen) atoms. The molecule has 3 aromatic rings. The van der Waals surface area contributed by atoms with Gasteiger partial charge in [0.1, 0.15) is 6.04 Å². The summed E-state index contributed by atoms with van der Waals surface area (Å²) >= 11 is 0. The first-order chi connectivity index (χ1) is 13.1. The molecule has 4 heterocycles.